The van der Waals surface area contributed by atoms with Crippen LogP contribution in [0.1, 0.15) is 46.1 Å². The lowest BCUT2D eigenvalue weighted by molar-refractivity contribution is 0.232. The Hall–Kier alpha value is -0.570. The summed E-state index contributed by atoms with van der Waals surface area (Å²) < 4.78 is 0. The third-order valence-electron chi connectivity index (χ3n) is 3.58. The number of nitrogens with one attached hydrogen (secondary N) is 1. The predicted octanol–water partition coefficient (Wildman–Crippen LogP) is 4.33. The van der Waals surface area contributed by atoms with Crippen LogP contribution in [0.2, 0.25) is 5.02 Å². The number of benzene rings is 1. The highest BCUT2D eigenvalue weighted by Crippen LogP contribution is 2.18. The van der Waals surface area contributed by atoms with Gasteiger partial charge in [-0.1, -0.05) is 29.8 Å². The van der Waals surface area contributed by atoms with Crippen molar-refractivity contribution in [1.29, 1.82) is 0 Å². The molecule has 0 amide bonds. The zero-order valence-corrected chi connectivity index (χ0v) is 14.3. The van der Waals surface area contributed by atoms with E-state index in [1.807, 2.05) is 18.2 Å². The standard InChI is InChI=1S/C17H29ClN2/c1-14(9-8-12-19-17(2,3)4)20(5)13-15-10-6-7-11-16(15)18/h6-7,10-11,14,19H,8-9,12-13H2,1-5H3. The fraction of sp³-hybridized carbons (Fsp3) is 0.647. The minimum atomic E-state index is 0.215. The normalized spacial score (nSPS) is 13.8. The first-order valence-corrected chi connectivity index (χ1v) is 7.86. The molecule has 2 nitrogen and oxygen atoms in total. The summed E-state index contributed by atoms with van der Waals surface area (Å²) in [7, 11) is 2.17. The first kappa shape index (κ1) is 17.5. The minimum Gasteiger partial charge on any atom is -0.312 e. The largest absolute Gasteiger partial charge is 0.312 e. The van der Waals surface area contributed by atoms with Gasteiger partial charge < -0.3 is 5.32 Å². The highest BCUT2D eigenvalue weighted by Gasteiger charge is 2.12. The molecule has 1 N–H and O–H groups in total. The maximum Gasteiger partial charge on any atom is 0.0451 e. The molecule has 1 aromatic carbocycles. The van der Waals surface area contributed by atoms with E-state index in [2.05, 4.69) is 51.0 Å². The van der Waals surface area contributed by atoms with Crippen LogP contribution in [0.25, 0.3) is 0 Å². The van der Waals surface area contributed by atoms with Crippen LogP contribution in [0.5, 0.6) is 0 Å². The molecule has 0 fully saturated rings. The summed E-state index contributed by atoms with van der Waals surface area (Å²) in [5, 5.41) is 4.40. The molecule has 20 heavy (non-hydrogen) atoms. The lowest BCUT2D eigenvalue weighted by Crippen LogP contribution is -2.37. The molecule has 1 atom stereocenters. The SMILES string of the molecule is CC(CCCNC(C)(C)C)N(C)Cc1ccccc1Cl. The van der Waals surface area contributed by atoms with Crippen molar-refractivity contribution in [2.75, 3.05) is 13.6 Å². The van der Waals surface area contributed by atoms with Crippen molar-refractivity contribution >= 4 is 11.6 Å². The predicted molar refractivity (Wildman–Crippen MR) is 89.4 cm³/mol. The van der Waals surface area contributed by atoms with Crippen LogP contribution in [0.3, 0.4) is 0 Å². The zero-order chi connectivity index (χ0) is 15.2. The second kappa shape index (κ2) is 8.02. The van der Waals surface area contributed by atoms with Crippen molar-refractivity contribution in [3.8, 4) is 0 Å². The summed E-state index contributed by atoms with van der Waals surface area (Å²) in [4.78, 5) is 2.37. The summed E-state index contributed by atoms with van der Waals surface area (Å²) in [6, 6.07) is 8.66. The summed E-state index contributed by atoms with van der Waals surface area (Å²) in [6.07, 6.45) is 2.40. The topological polar surface area (TPSA) is 15.3 Å². The van der Waals surface area contributed by atoms with Crippen molar-refractivity contribution in [2.45, 2.75) is 58.7 Å². The van der Waals surface area contributed by atoms with Gasteiger partial charge in [-0.05, 0) is 65.8 Å². The molecule has 3 heteroatoms. The van der Waals surface area contributed by atoms with Crippen LogP contribution in [-0.4, -0.2) is 30.1 Å². The summed E-state index contributed by atoms with van der Waals surface area (Å²) in [5.41, 5.74) is 1.42. The molecular formula is C17H29ClN2. The average Bonchev–Trinajstić information content (AvgIpc) is 2.36. The van der Waals surface area contributed by atoms with Gasteiger partial charge in [0.2, 0.25) is 0 Å². The number of halogens is 1. The monoisotopic (exact) mass is 296 g/mol. The van der Waals surface area contributed by atoms with Crippen molar-refractivity contribution < 1.29 is 0 Å². The quantitative estimate of drug-likeness (QED) is 0.754. The van der Waals surface area contributed by atoms with Crippen LogP contribution in [0.4, 0.5) is 0 Å². The smallest absolute Gasteiger partial charge is 0.0451 e. The third kappa shape index (κ3) is 6.74. The third-order valence-corrected chi connectivity index (χ3v) is 3.95. The van der Waals surface area contributed by atoms with Gasteiger partial charge in [-0.2, -0.15) is 0 Å². The molecule has 114 valence electrons. The van der Waals surface area contributed by atoms with Gasteiger partial charge in [0.25, 0.3) is 0 Å². The number of hydrogen-bond acceptors (Lipinski definition) is 2. The van der Waals surface area contributed by atoms with Crippen molar-refractivity contribution in [2.24, 2.45) is 0 Å². The van der Waals surface area contributed by atoms with E-state index < -0.39 is 0 Å². The second-order valence-electron chi connectivity index (χ2n) is 6.67. The molecule has 0 aliphatic rings. The van der Waals surface area contributed by atoms with E-state index in [0.29, 0.717) is 6.04 Å². The highest BCUT2D eigenvalue weighted by atomic mass is 35.5. The average molecular weight is 297 g/mol. The van der Waals surface area contributed by atoms with Gasteiger partial charge in [0.05, 0.1) is 0 Å². The molecule has 0 heterocycles. The van der Waals surface area contributed by atoms with Gasteiger partial charge in [0.15, 0.2) is 0 Å². The Morgan fingerprint density at radius 3 is 2.50 bits per heavy atom. The van der Waals surface area contributed by atoms with E-state index >= 15 is 0 Å². The van der Waals surface area contributed by atoms with Gasteiger partial charge in [-0.3, -0.25) is 4.90 Å². The summed E-state index contributed by atoms with van der Waals surface area (Å²) >= 11 is 6.21. The number of rotatable bonds is 7. The van der Waals surface area contributed by atoms with Crippen LogP contribution in [-0.2, 0) is 6.54 Å². The molecule has 1 unspecified atom stereocenters. The van der Waals surface area contributed by atoms with Gasteiger partial charge in [0, 0.05) is 23.1 Å². The summed E-state index contributed by atoms with van der Waals surface area (Å²) in [6.45, 7) is 10.9. The molecule has 0 aromatic heterocycles. The molecule has 0 aliphatic heterocycles. The van der Waals surface area contributed by atoms with Crippen molar-refractivity contribution in [1.82, 2.24) is 10.2 Å². The van der Waals surface area contributed by atoms with E-state index in [9.17, 15) is 0 Å². The Kier molecular flexibility index (Phi) is 7.01. The molecule has 1 aromatic rings. The van der Waals surface area contributed by atoms with Crippen molar-refractivity contribution in [3.05, 3.63) is 34.9 Å². The van der Waals surface area contributed by atoms with E-state index in [4.69, 9.17) is 11.6 Å². The van der Waals surface area contributed by atoms with Gasteiger partial charge in [-0.15, -0.1) is 0 Å². The molecule has 0 radical (unpaired) electrons. The second-order valence-corrected chi connectivity index (χ2v) is 7.08. The fourth-order valence-electron chi connectivity index (χ4n) is 2.13. The highest BCUT2D eigenvalue weighted by molar-refractivity contribution is 6.31. The van der Waals surface area contributed by atoms with E-state index in [1.54, 1.807) is 0 Å². The summed E-state index contributed by atoms with van der Waals surface area (Å²) in [5.74, 6) is 0. The molecule has 0 spiro atoms. The van der Waals surface area contributed by atoms with E-state index in [0.717, 1.165) is 18.1 Å². The Bertz CT molecular complexity index is 398. The zero-order valence-electron chi connectivity index (χ0n) is 13.5. The van der Waals surface area contributed by atoms with Gasteiger partial charge in [-0.25, -0.2) is 0 Å². The van der Waals surface area contributed by atoms with Crippen LogP contribution in [0.15, 0.2) is 24.3 Å². The maximum absolute atomic E-state index is 6.21. The van der Waals surface area contributed by atoms with E-state index in [1.165, 1.54) is 18.4 Å². The Morgan fingerprint density at radius 2 is 1.90 bits per heavy atom. The molecule has 0 saturated carbocycles. The Labute approximate surface area is 129 Å². The lowest BCUT2D eigenvalue weighted by Gasteiger charge is -2.26. The molecular weight excluding hydrogens is 268 g/mol. The maximum atomic E-state index is 6.21. The fourth-order valence-corrected chi connectivity index (χ4v) is 2.33. The van der Waals surface area contributed by atoms with Crippen LogP contribution in [0, 0.1) is 0 Å². The molecule has 0 saturated heterocycles. The number of nitrogens with zero attached hydrogens (tertiary/aromatic N) is 1. The lowest BCUT2D eigenvalue weighted by atomic mass is 10.1. The Morgan fingerprint density at radius 1 is 1.25 bits per heavy atom. The first-order valence-electron chi connectivity index (χ1n) is 7.48. The van der Waals surface area contributed by atoms with Gasteiger partial charge in [0.1, 0.15) is 0 Å². The van der Waals surface area contributed by atoms with Gasteiger partial charge >= 0.3 is 0 Å². The van der Waals surface area contributed by atoms with Crippen LogP contribution >= 0.6 is 11.6 Å². The number of hydrogen-bond donors (Lipinski definition) is 1. The molecule has 1 rings (SSSR count). The van der Waals surface area contributed by atoms with E-state index in [-0.39, 0.29) is 5.54 Å². The molecule has 0 bridgehead atoms. The van der Waals surface area contributed by atoms with Crippen LogP contribution < -0.4 is 5.32 Å². The van der Waals surface area contributed by atoms with Crippen molar-refractivity contribution in [3.63, 3.8) is 0 Å². The molecule has 0 aliphatic carbocycles. The first-order chi connectivity index (χ1) is 9.29. The Balaban J connectivity index is 2.33. The minimum absolute atomic E-state index is 0.215.